The zero-order valence-corrected chi connectivity index (χ0v) is 12.1. The first kappa shape index (κ1) is 14.0. The van der Waals surface area contributed by atoms with E-state index >= 15 is 0 Å². The minimum atomic E-state index is -0.431. The Kier molecular flexibility index (Phi) is 4.43. The van der Waals surface area contributed by atoms with Crippen molar-refractivity contribution in [3.05, 3.63) is 27.7 Å². The number of carbonyl (C=O) groups excluding carboxylic acids is 1. The predicted molar refractivity (Wildman–Crippen MR) is 74.8 cm³/mol. The van der Waals surface area contributed by atoms with Gasteiger partial charge in [0.15, 0.2) is 0 Å². The van der Waals surface area contributed by atoms with Crippen LogP contribution in [0.2, 0.25) is 10.0 Å². The second-order valence-electron chi connectivity index (χ2n) is 4.16. The highest BCUT2D eigenvalue weighted by Crippen LogP contribution is 2.32. The van der Waals surface area contributed by atoms with Crippen molar-refractivity contribution in [3.63, 3.8) is 0 Å². The molecule has 0 unspecified atom stereocenters. The summed E-state index contributed by atoms with van der Waals surface area (Å²) in [6.07, 6.45) is 2.08. The van der Waals surface area contributed by atoms with E-state index in [0.717, 1.165) is 4.90 Å². The van der Waals surface area contributed by atoms with E-state index < -0.39 is 6.10 Å². The van der Waals surface area contributed by atoms with E-state index in [2.05, 4.69) is 0 Å². The van der Waals surface area contributed by atoms with E-state index in [-0.39, 0.29) is 5.91 Å². The first-order valence-electron chi connectivity index (χ1n) is 5.53. The van der Waals surface area contributed by atoms with E-state index in [4.69, 9.17) is 23.2 Å². The number of likely N-dealkylation sites (tertiary alicyclic amines) is 1. The Morgan fingerprint density at radius 3 is 2.72 bits per heavy atom. The minimum Gasteiger partial charge on any atom is -0.391 e. The molecule has 1 aromatic rings. The topological polar surface area (TPSA) is 40.5 Å². The predicted octanol–water partition coefficient (Wildman–Crippen LogP) is 2.92. The molecular formula is C12H13Cl2NO2S. The highest BCUT2D eigenvalue weighted by atomic mass is 35.5. The number of amides is 1. The molecule has 1 aromatic carbocycles. The van der Waals surface area contributed by atoms with E-state index in [1.54, 1.807) is 17.0 Å². The number of thioether (sulfide) groups is 1. The van der Waals surface area contributed by atoms with Crippen LogP contribution >= 0.6 is 35.0 Å². The number of nitrogens with zero attached hydrogens (tertiary/aromatic N) is 1. The summed E-state index contributed by atoms with van der Waals surface area (Å²) in [5, 5.41) is 10.4. The largest absolute Gasteiger partial charge is 0.391 e. The molecule has 18 heavy (non-hydrogen) atoms. The summed E-state index contributed by atoms with van der Waals surface area (Å²) in [6, 6.07) is 3.30. The van der Waals surface area contributed by atoms with Gasteiger partial charge in [-0.2, -0.15) is 0 Å². The van der Waals surface area contributed by atoms with Gasteiger partial charge in [0.1, 0.15) is 0 Å². The molecule has 1 aliphatic heterocycles. The van der Waals surface area contributed by atoms with Gasteiger partial charge in [0, 0.05) is 18.0 Å². The Balaban J connectivity index is 2.30. The van der Waals surface area contributed by atoms with Crippen molar-refractivity contribution in [2.45, 2.75) is 17.4 Å². The van der Waals surface area contributed by atoms with Crippen LogP contribution < -0.4 is 0 Å². The molecule has 0 saturated carbocycles. The molecule has 1 heterocycles. The molecular weight excluding hydrogens is 293 g/mol. The normalized spacial score (nSPS) is 19.3. The van der Waals surface area contributed by atoms with Gasteiger partial charge in [-0.1, -0.05) is 23.2 Å². The number of aliphatic hydroxyl groups excluding tert-OH is 1. The van der Waals surface area contributed by atoms with E-state index in [0.29, 0.717) is 35.1 Å². The summed E-state index contributed by atoms with van der Waals surface area (Å²) >= 11 is 13.6. The Hall–Kier alpha value is -0.420. The SMILES string of the molecule is CSc1cc(C(=O)N2CC[C@H](O)C2)c(Cl)cc1Cl. The highest BCUT2D eigenvalue weighted by Gasteiger charge is 2.27. The Bertz CT molecular complexity index is 481. The smallest absolute Gasteiger partial charge is 0.255 e. The number of β-amino-alcohol motifs (C(OH)–C–C–N with tert-alkyl or cyclic N) is 1. The van der Waals surface area contributed by atoms with Crippen LogP contribution in [0.5, 0.6) is 0 Å². The third-order valence-electron chi connectivity index (χ3n) is 2.92. The number of rotatable bonds is 2. The summed E-state index contributed by atoms with van der Waals surface area (Å²) in [5.41, 5.74) is 0.444. The molecule has 1 amide bonds. The van der Waals surface area contributed by atoms with Crippen LogP contribution in [0.3, 0.4) is 0 Å². The lowest BCUT2D eigenvalue weighted by molar-refractivity contribution is 0.0765. The van der Waals surface area contributed by atoms with Crippen LogP contribution in [0.25, 0.3) is 0 Å². The minimum absolute atomic E-state index is 0.150. The zero-order valence-electron chi connectivity index (χ0n) is 9.82. The molecule has 1 N–H and O–H groups in total. The van der Waals surface area contributed by atoms with E-state index in [1.807, 2.05) is 6.26 Å². The molecule has 0 spiro atoms. The number of hydrogen-bond donors (Lipinski definition) is 1. The molecule has 0 bridgehead atoms. The van der Waals surface area contributed by atoms with E-state index in [9.17, 15) is 9.90 Å². The van der Waals surface area contributed by atoms with Gasteiger partial charge in [0.05, 0.1) is 21.7 Å². The average Bonchev–Trinajstić information content (AvgIpc) is 2.75. The molecule has 0 aromatic heterocycles. The number of hydrogen-bond acceptors (Lipinski definition) is 3. The third kappa shape index (κ3) is 2.77. The van der Waals surface area contributed by atoms with Crippen LogP contribution in [0.4, 0.5) is 0 Å². The number of benzene rings is 1. The van der Waals surface area contributed by atoms with Gasteiger partial charge in [0.2, 0.25) is 0 Å². The van der Waals surface area contributed by atoms with Gasteiger partial charge in [0.25, 0.3) is 5.91 Å². The quantitative estimate of drug-likeness (QED) is 0.854. The highest BCUT2D eigenvalue weighted by molar-refractivity contribution is 7.98. The van der Waals surface area contributed by atoms with Gasteiger partial charge < -0.3 is 10.0 Å². The van der Waals surface area contributed by atoms with Crippen LogP contribution in [0.15, 0.2) is 17.0 Å². The summed E-state index contributed by atoms with van der Waals surface area (Å²) in [4.78, 5) is 14.7. The van der Waals surface area contributed by atoms with Crippen molar-refractivity contribution in [3.8, 4) is 0 Å². The maximum absolute atomic E-state index is 12.3. The van der Waals surface area contributed by atoms with Gasteiger partial charge in [-0.15, -0.1) is 11.8 Å². The summed E-state index contributed by atoms with van der Waals surface area (Å²) < 4.78 is 0. The van der Waals surface area contributed by atoms with Crippen molar-refractivity contribution in [1.29, 1.82) is 0 Å². The Morgan fingerprint density at radius 1 is 1.44 bits per heavy atom. The number of halogens is 2. The van der Waals surface area contributed by atoms with Crippen molar-refractivity contribution >= 4 is 40.9 Å². The second-order valence-corrected chi connectivity index (χ2v) is 5.82. The van der Waals surface area contributed by atoms with Crippen LogP contribution in [-0.4, -0.2) is 41.4 Å². The van der Waals surface area contributed by atoms with Gasteiger partial charge in [-0.3, -0.25) is 4.79 Å². The van der Waals surface area contributed by atoms with Crippen LogP contribution in [0, 0.1) is 0 Å². The fourth-order valence-corrected chi connectivity index (χ4v) is 3.13. The summed E-state index contributed by atoms with van der Waals surface area (Å²) in [6.45, 7) is 0.931. The van der Waals surface area contributed by atoms with Crippen molar-refractivity contribution in [2.24, 2.45) is 0 Å². The maximum Gasteiger partial charge on any atom is 0.255 e. The third-order valence-corrected chi connectivity index (χ3v) is 4.44. The molecule has 1 fully saturated rings. The summed E-state index contributed by atoms with van der Waals surface area (Å²) in [7, 11) is 0. The Labute approximate surface area is 120 Å². The van der Waals surface area contributed by atoms with Gasteiger partial charge in [-0.25, -0.2) is 0 Å². The fraction of sp³-hybridized carbons (Fsp3) is 0.417. The van der Waals surface area contributed by atoms with Gasteiger partial charge >= 0.3 is 0 Å². The molecule has 1 atom stereocenters. The number of carbonyl (C=O) groups is 1. The van der Waals surface area contributed by atoms with Crippen LogP contribution in [0.1, 0.15) is 16.8 Å². The molecule has 1 saturated heterocycles. The molecule has 1 aliphatic rings. The van der Waals surface area contributed by atoms with E-state index in [1.165, 1.54) is 11.8 Å². The lowest BCUT2D eigenvalue weighted by Gasteiger charge is -2.17. The Morgan fingerprint density at radius 2 is 2.17 bits per heavy atom. The van der Waals surface area contributed by atoms with Crippen molar-refractivity contribution in [2.75, 3.05) is 19.3 Å². The zero-order chi connectivity index (χ0) is 13.3. The van der Waals surface area contributed by atoms with Crippen molar-refractivity contribution in [1.82, 2.24) is 4.90 Å². The molecule has 6 heteroatoms. The maximum atomic E-state index is 12.3. The van der Waals surface area contributed by atoms with Crippen LogP contribution in [-0.2, 0) is 0 Å². The molecule has 0 radical (unpaired) electrons. The lowest BCUT2D eigenvalue weighted by Crippen LogP contribution is -2.29. The average molecular weight is 306 g/mol. The number of aliphatic hydroxyl groups is 1. The molecule has 3 nitrogen and oxygen atoms in total. The first-order valence-corrected chi connectivity index (χ1v) is 7.51. The second kappa shape index (κ2) is 5.70. The monoisotopic (exact) mass is 305 g/mol. The fourth-order valence-electron chi connectivity index (χ4n) is 1.95. The molecule has 0 aliphatic carbocycles. The van der Waals surface area contributed by atoms with Crippen molar-refractivity contribution < 1.29 is 9.90 Å². The lowest BCUT2D eigenvalue weighted by atomic mass is 10.2. The van der Waals surface area contributed by atoms with Gasteiger partial charge in [-0.05, 0) is 24.8 Å². The first-order chi connectivity index (χ1) is 8.52. The summed E-state index contributed by atoms with van der Waals surface area (Å²) in [5.74, 6) is -0.150. The molecule has 2 rings (SSSR count). The standard InChI is InChI=1S/C12H13Cl2NO2S/c1-18-11-4-8(9(13)5-10(11)14)12(17)15-3-2-7(16)6-15/h4-5,7,16H,2-3,6H2,1H3/t7-/m0/s1. The molecule has 98 valence electrons.